The monoisotopic (exact) mass is 289 g/mol. The Bertz CT molecular complexity index is 629. The molecule has 0 saturated carbocycles. The molecule has 2 aromatic rings. The lowest BCUT2D eigenvalue weighted by Gasteiger charge is -2.24. The predicted molar refractivity (Wildman–Crippen MR) is 80.0 cm³/mol. The Hall–Kier alpha value is -1.62. The Morgan fingerprint density at radius 2 is 2.35 bits per heavy atom. The van der Waals surface area contributed by atoms with Crippen LogP contribution >= 0.6 is 11.3 Å². The predicted octanol–water partition coefficient (Wildman–Crippen LogP) is 2.24. The Balaban J connectivity index is 1.57. The minimum atomic E-state index is 0.122. The number of aryl methyl sites for hydroxylation is 3. The van der Waals surface area contributed by atoms with Crippen molar-refractivity contribution in [1.82, 2.24) is 14.9 Å². The summed E-state index contributed by atoms with van der Waals surface area (Å²) in [4.78, 5) is 19.0. The molecule has 0 aliphatic carbocycles. The quantitative estimate of drug-likeness (QED) is 0.942. The van der Waals surface area contributed by atoms with Crippen molar-refractivity contribution < 1.29 is 4.79 Å². The van der Waals surface area contributed by atoms with Gasteiger partial charge in [0.15, 0.2) is 0 Å². The summed E-state index contributed by atoms with van der Waals surface area (Å²) in [6.45, 7) is 4.92. The molecule has 0 radical (unpaired) electrons. The third-order valence-corrected chi connectivity index (χ3v) is 4.61. The maximum absolute atomic E-state index is 12.1. The van der Waals surface area contributed by atoms with Crippen LogP contribution in [0, 0.1) is 13.8 Å². The van der Waals surface area contributed by atoms with Crippen LogP contribution in [-0.4, -0.2) is 21.5 Å². The van der Waals surface area contributed by atoms with Crippen molar-refractivity contribution in [1.29, 1.82) is 0 Å². The standard InChI is InChI=1S/C15H19N3OS/c1-10-8-18-9-12(4-6-14(18)16-10)17-15(19)7-13-5-3-11(2)20-13/h3,5,8,12H,4,6-7,9H2,1-2H3,(H,17,19)/t12-/m0/s1. The number of amides is 1. The molecule has 0 fully saturated rings. The van der Waals surface area contributed by atoms with Crippen molar-refractivity contribution in [3.05, 3.63) is 39.6 Å². The van der Waals surface area contributed by atoms with Gasteiger partial charge in [-0.05, 0) is 32.4 Å². The van der Waals surface area contributed by atoms with Crippen LogP contribution in [0.2, 0.25) is 0 Å². The first-order chi connectivity index (χ1) is 9.60. The van der Waals surface area contributed by atoms with Gasteiger partial charge in [0.05, 0.1) is 12.1 Å². The first-order valence-corrected chi connectivity index (χ1v) is 7.79. The number of aromatic nitrogens is 2. The molecule has 5 heteroatoms. The highest BCUT2D eigenvalue weighted by molar-refractivity contribution is 7.12. The van der Waals surface area contributed by atoms with Crippen LogP contribution < -0.4 is 5.32 Å². The van der Waals surface area contributed by atoms with E-state index in [4.69, 9.17) is 0 Å². The number of thiophene rings is 1. The first-order valence-electron chi connectivity index (χ1n) is 6.97. The Morgan fingerprint density at radius 3 is 3.10 bits per heavy atom. The molecule has 4 nitrogen and oxygen atoms in total. The second-order valence-corrected chi connectivity index (χ2v) is 6.82. The molecular weight excluding hydrogens is 270 g/mol. The second kappa shape index (κ2) is 5.40. The fourth-order valence-electron chi connectivity index (χ4n) is 2.72. The molecule has 2 aromatic heterocycles. The van der Waals surface area contributed by atoms with E-state index in [1.54, 1.807) is 11.3 Å². The fourth-order valence-corrected chi connectivity index (χ4v) is 3.61. The highest BCUT2D eigenvalue weighted by Crippen LogP contribution is 2.17. The van der Waals surface area contributed by atoms with Crippen LogP contribution in [-0.2, 0) is 24.2 Å². The molecule has 0 aromatic carbocycles. The molecule has 0 bridgehead atoms. The number of hydrogen-bond acceptors (Lipinski definition) is 3. The Labute approximate surface area is 122 Å². The van der Waals surface area contributed by atoms with E-state index in [9.17, 15) is 4.79 Å². The number of carbonyl (C=O) groups is 1. The molecule has 20 heavy (non-hydrogen) atoms. The number of hydrogen-bond donors (Lipinski definition) is 1. The van der Waals surface area contributed by atoms with Crippen molar-refractivity contribution in [2.45, 2.75) is 45.7 Å². The van der Waals surface area contributed by atoms with Gasteiger partial charge in [-0.3, -0.25) is 4.79 Å². The van der Waals surface area contributed by atoms with Crippen molar-refractivity contribution >= 4 is 17.2 Å². The van der Waals surface area contributed by atoms with Crippen LogP contribution in [0.5, 0.6) is 0 Å². The van der Waals surface area contributed by atoms with Crippen LogP contribution in [0.4, 0.5) is 0 Å². The summed E-state index contributed by atoms with van der Waals surface area (Å²) in [5.41, 5.74) is 1.06. The molecule has 0 spiro atoms. The van der Waals surface area contributed by atoms with Gasteiger partial charge in [-0.15, -0.1) is 11.3 Å². The topological polar surface area (TPSA) is 46.9 Å². The van der Waals surface area contributed by atoms with Crippen LogP contribution in [0.25, 0.3) is 0 Å². The summed E-state index contributed by atoms with van der Waals surface area (Å²) >= 11 is 1.69. The molecule has 0 saturated heterocycles. The zero-order valence-electron chi connectivity index (χ0n) is 11.8. The van der Waals surface area contributed by atoms with Gasteiger partial charge in [-0.1, -0.05) is 0 Å². The lowest BCUT2D eigenvalue weighted by molar-refractivity contribution is -0.121. The number of nitrogens with one attached hydrogen (secondary N) is 1. The molecule has 1 amide bonds. The molecule has 3 heterocycles. The first kappa shape index (κ1) is 13.4. The minimum Gasteiger partial charge on any atom is -0.351 e. The third kappa shape index (κ3) is 2.93. The van der Waals surface area contributed by atoms with Gasteiger partial charge in [0.25, 0.3) is 0 Å². The van der Waals surface area contributed by atoms with Gasteiger partial charge in [0.2, 0.25) is 5.91 Å². The van der Waals surface area contributed by atoms with Crippen LogP contribution in [0.1, 0.15) is 27.7 Å². The fraction of sp³-hybridized carbons (Fsp3) is 0.467. The van der Waals surface area contributed by atoms with Crippen LogP contribution in [0.3, 0.4) is 0 Å². The lowest BCUT2D eigenvalue weighted by atomic mass is 10.1. The normalized spacial score (nSPS) is 17.8. The second-order valence-electron chi connectivity index (χ2n) is 5.44. The maximum atomic E-state index is 12.1. The molecule has 0 unspecified atom stereocenters. The zero-order chi connectivity index (χ0) is 14.1. The Kier molecular flexibility index (Phi) is 3.61. The van der Waals surface area contributed by atoms with Crippen molar-refractivity contribution in [2.24, 2.45) is 0 Å². The van der Waals surface area contributed by atoms with Crippen molar-refractivity contribution in [3.63, 3.8) is 0 Å². The Morgan fingerprint density at radius 1 is 1.50 bits per heavy atom. The van der Waals surface area contributed by atoms with E-state index in [1.807, 2.05) is 13.0 Å². The zero-order valence-corrected chi connectivity index (χ0v) is 12.7. The summed E-state index contributed by atoms with van der Waals surface area (Å²) < 4.78 is 2.17. The van der Waals surface area contributed by atoms with E-state index < -0.39 is 0 Å². The maximum Gasteiger partial charge on any atom is 0.225 e. The smallest absolute Gasteiger partial charge is 0.225 e. The van der Waals surface area contributed by atoms with E-state index in [0.29, 0.717) is 6.42 Å². The third-order valence-electron chi connectivity index (χ3n) is 3.61. The van der Waals surface area contributed by atoms with Crippen LogP contribution in [0.15, 0.2) is 18.3 Å². The van der Waals surface area contributed by atoms with E-state index in [-0.39, 0.29) is 11.9 Å². The molecule has 3 rings (SSSR count). The minimum absolute atomic E-state index is 0.122. The van der Waals surface area contributed by atoms with E-state index >= 15 is 0 Å². The largest absolute Gasteiger partial charge is 0.351 e. The summed E-state index contributed by atoms with van der Waals surface area (Å²) in [5, 5.41) is 3.15. The van der Waals surface area contributed by atoms with Gasteiger partial charge < -0.3 is 9.88 Å². The highest BCUT2D eigenvalue weighted by atomic mass is 32.1. The number of nitrogens with zero attached hydrogens (tertiary/aromatic N) is 2. The number of carbonyl (C=O) groups excluding carboxylic acids is 1. The summed E-state index contributed by atoms with van der Waals surface area (Å²) in [7, 11) is 0. The van der Waals surface area contributed by atoms with E-state index in [2.05, 4.69) is 34.1 Å². The summed E-state index contributed by atoms with van der Waals surface area (Å²) in [5.74, 6) is 1.26. The van der Waals surface area contributed by atoms with Gasteiger partial charge in [0, 0.05) is 35.0 Å². The molecule has 1 aliphatic heterocycles. The number of imidazole rings is 1. The molecule has 106 valence electrons. The average Bonchev–Trinajstić information content (AvgIpc) is 2.93. The van der Waals surface area contributed by atoms with Gasteiger partial charge >= 0.3 is 0 Å². The highest BCUT2D eigenvalue weighted by Gasteiger charge is 2.21. The molecule has 1 atom stereocenters. The summed E-state index contributed by atoms with van der Waals surface area (Å²) in [6.07, 6.45) is 4.48. The van der Waals surface area contributed by atoms with Gasteiger partial charge in [0.1, 0.15) is 5.82 Å². The van der Waals surface area contributed by atoms with Gasteiger partial charge in [-0.2, -0.15) is 0 Å². The number of fused-ring (bicyclic) bond motifs is 1. The number of rotatable bonds is 3. The average molecular weight is 289 g/mol. The molecule has 1 aliphatic rings. The van der Waals surface area contributed by atoms with Gasteiger partial charge in [-0.25, -0.2) is 4.98 Å². The summed E-state index contributed by atoms with van der Waals surface area (Å²) in [6, 6.07) is 4.33. The van der Waals surface area contributed by atoms with Crippen molar-refractivity contribution in [3.8, 4) is 0 Å². The SMILES string of the molecule is Cc1cn2c(n1)CC[C@H](NC(=O)Cc1ccc(C)s1)C2. The van der Waals surface area contributed by atoms with E-state index in [1.165, 1.54) is 4.88 Å². The van der Waals surface area contributed by atoms with E-state index in [0.717, 1.165) is 35.8 Å². The molecule has 1 N–H and O–H groups in total. The van der Waals surface area contributed by atoms with Crippen molar-refractivity contribution in [2.75, 3.05) is 0 Å². The molecular formula is C15H19N3OS. The lowest BCUT2D eigenvalue weighted by Crippen LogP contribution is -2.41.